The van der Waals surface area contributed by atoms with Gasteiger partial charge in [0.1, 0.15) is 5.76 Å². The van der Waals surface area contributed by atoms with Crippen molar-refractivity contribution in [1.82, 2.24) is 0 Å². The molecule has 0 bridgehead atoms. The third-order valence-electron chi connectivity index (χ3n) is 2.33. The number of carbonyl (C=O) groups excluding carboxylic acids is 1. The van der Waals surface area contributed by atoms with Crippen molar-refractivity contribution in [3.63, 3.8) is 0 Å². The first-order valence-corrected chi connectivity index (χ1v) is 6.82. The molecule has 0 atom stereocenters. The highest BCUT2D eigenvalue weighted by Gasteiger charge is 2.22. The van der Waals surface area contributed by atoms with Gasteiger partial charge in [0.15, 0.2) is 0 Å². The Bertz CT molecular complexity index is 589. The van der Waals surface area contributed by atoms with E-state index >= 15 is 0 Å². The molecule has 84 valence electrons. The highest BCUT2D eigenvalue weighted by atomic mass is 32.1. The van der Waals surface area contributed by atoms with Gasteiger partial charge in [-0.25, -0.2) is 4.79 Å². The van der Waals surface area contributed by atoms with Crippen molar-refractivity contribution in [3.8, 4) is 0 Å². The second-order valence-electron chi connectivity index (χ2n) is 3.49. The number of cyclic esters (lactones) is 1. The molecule has 17 heavy (non-hydrogen) atoms. The van der Waals surface area contributed by atoms with E-state index in [1.165, 1.54) is 0 Å². The Balaban J connectivity index is 1.95. The van der Waals surface area contributed by atoms with E-state index in [1.807, 2.05) is 41.1 Å². The molecular formula is C13H8O2S2. The first-order valence-electron chi connectivity index (χ1n) is 5.06. The summed E-state index contributed by atoms with van der Waals surface area (Å²) in [5.41, 5.74) is 0.607. The molecule has 0 radical (unpaired) electrons. The number of carbonyl (C=O) groups is 1. The fourth-order valence-corrected chi connectivity index (χ4v) is 2.90. The standard InChI is InChI=1S/C13H8O2S2/c14-13-9(7-10-3-1-5-16-10)8-11(15-13)12-4-2-6-17-12/h1-8H/b9-7+. The van der Waals surface area contributed by atoms with E-state index in [2.05, 4.69) is 0 Å². The van der Waals surface area contributed by atoms with Crippen LogP contribution in [-0.4, -0.2) is 5.97 Å². The van der Waals surface area contributed by atoms with E-state index in [9.17, 15) is 4.79 Å². The first-order chi connectivity index (χ1) is 8.33. The summed E-state index contributed by atoms with van der Waals surface area (Å²) in [6, 6.07) is 7.82. The minimum Gasteiger partial charge on any atom is -0.421 e. The van der Waals surface area contributed by atoms with E-state index in [4.69, 9.17) is 4.74 Å². The zero-order valence-electron chi connectivity index (χ0n) is 8.75. The van der Waals surface area contributed by atoms with Crippen LogP contribution in [-0.2, 0) is 9.53 Å². The Hall–Kier alpha value is -1.65. The number of esters is 1. The molecule has 3 heterocycles. The summed E-state index contributed by atoms with van der Waals surface area (Å²) in [5.74, 6) is 0.370. The number of hydrogen-bond acceptors (Lipinski definition) is 4. The summed E-state index contributed by atoms with van der Waals surface area (Å²) < 4.78 is 5.24. The van der Waals surface area contributed by atoms with Gasteiger partial charge >= 0.3 is 5.97 Å². The SMILES string of the molecule is O=C1OC(c2cccs2)=C/C1=C\c1cccs1. The van der Waals surface area contributed by atoms with Crippen LogP contribution in [0, 0.1) is 0 Å². The lowest BCUT2D eigenvalue weighted by molar-refractivity contribution is -0.130. The number of rotatable bonds is 2. The third-order valence-corrected chi connectivity index (χ3v) is 4.03. The van der Waals surface area contributed by atoms with Crippen LogP contribution in [0.2, 0.25) is 0 Å². The molecule has 0 aromatic carbocycles. The van der Waals surface area contributed by atoms with Crippen LogP contribution in [0.3, 0.4) is 0 Å². The van der Waals surface area contributed by atoms with Gasteiger partial charge in [-0.1, -0.05) is 12.1 Å². The van der Waals surface area contributed by atoms with Crippen LogP contribution >= 0.6 is 22.7 Å². The summed E-state index contributed by atoms with van der Waals surface area (Å²) in [5, 5.41) is 3.95. The molecule has 4 heteroatoms. The van der Waals surface area contributed by atoms with Gasteiger partial charge in [-0.15, -0.1) is 22.7 Å². The van der Waals surface area contributed by atoms with Gasteiger partial charge in [0.2, 0.25) is 0 Å². The van der Waals surface area contributed by atoms with Crippen LogP contribution in [0.25, 0.3) is 11.8 Å². The van der Waals surface area contributed by atoms with E-state index in [1.54, 1.807) is 28.7 Å². The minimum atomic E-state index is -0.276. The number of thiophene rings is 2. The smallest absolute Gasteiger partial charge is 0.343 e. The Morgan fingerprint density at radius 3 is 2.65 bits per heavy atom. The normalized spacial score (nSPS) is 17.3. The third kappa shape index (κ3) is 2.09. The topological polar surface area (TPSA) is 26.3 Å². The maximum absolute atomic E-state index is 11.7. The van der Waals surface area contributed by atoms with Crippen molar-refractivity contribution < 1.29 is 9.53 Å². The largest absolute Gasteiger partial charge is 0.421 e. The van der Waals surface area contributed by atoms with Crippen LogP contribution in [0.4, 0.5) is 0 Å². The minimum absolute atomic E-state index is 0.276. The van der Waals surface area contributed by atoms with E-state index in [-0.39, 0.29) is 5.97 Å². The predicted molar refractivity (Wildman–Crippen MR) is 70.7 cm³/mol. The lowest BCUT2D eigenvalue weighted by Gasteiger charge is -1.95. The Morgan fingerprint density at radius 1 is 1.12 bits per heavy atom. The first kappa shape index (κ1) is 10.5. The van der Waals surface area contributed by atoms with Crippen molar-refractivity contribution in [2.24, 2.45) is 0 Å². The summed E-state index contributed by atoms with van der Waals surface area (Å²) in [7, 11) is 0. The van der Waals surface area contributed by atoms with Crippen molar-refractivity contribution in [1.29, 1.82) is 0 Å². The molecule has 0 amide bonds. The average Bonchev–Trinajstić information content (AvgIpc) is 3.02. The molecule has 0 saturated heterocycles. The maximum Gasteiger partial charge on any atom is 0.343 e. The van der Waals surface area contributed by atoms with Crippen molar-refractivity contribution in [2.45, 2.75) is 0 Å². The van der Waals surface area contributed by atoms with Gasteiger partial charge in [-0.3, -0.25) is 0 Å². The van der Waals surface area contributed by atoms with Gasteiger partial charge in [0.05, 0.1) is 10.5 Å². The van der Waals surface area contributed by atoms with Crippen molar-refractivity contribution >= 4 is 40.5 Å². The van der Waals surface area contributed by atoms with Crippen LogP contribution in [0.15, 0.2) is 46.7 Å². The Morgan fingerprint density at radius 2 is 1.94 bits per heavy atom. The molecule has 3 rings (SSSR count). The lowest BCUT2D eigenvalue weighted by atomic mass is 10.2. The lowest BCUT2D eigenvalue weighted by Crippen LogP contribution is -1.96. The predicted octanol–water partition coefficient (Wildman–Crippen LogP) is 3.79. The van der Waals surface area contributed by atoms with Crippen molar-refractivity contribution in [3.05, 3.63) is 56.4 Å². The zero-order chi connectivity index (χ0) is 11.7. The van der Waals surface area contributed by atoms with Crippen LogP contribution < -0.4 is 0 Å². The van der Waals surface area contributed by atoms with Gasteiger partial charge < -0.3 is 4.74 Å². The zero-order valence-corrected chi connectivity index (χ0v) is 10.4. The number of ether oxygens (including phenoxy) is 1. The quantitative estimate of drug-likeness (QED) is 0.606. The van der Waals surface area contributed by atoms with Crippen LogP contribution in [0.5, 0.6) is 0 Å². The number of hydrogen-bond donors (Lipinski definition) is 0. The molecule has 0 saturated carbocycles. The molecule has 0 spiro atoms. The molecule has 1 aliphatic rings. The highest BCUT2D eigenvalue weighted by molar-refractivity contribution is 7.11. The summed E-state index contributed by atoms with van der Waals surface area (Å²) in [6.07, 6.45) is 3.65. The molecule has 0 unspecified atom stereocenters. The molecule has 0 fully saturated rings. The van der Waals surface area contributed by atoms with Crippen LogP contribution in [0.1, 0.15) is 9.75 Å². The Kier molecular flexibility index (Phi) is 2.66. The summed E-state index contributed by atoms with van der Waals surface area (Å²) in [6.45, 7) is 0. The van der Waals surface area contributed by atoms with E-state index in [0.717, 1.165) is 9.75 Å². The molecule has 2 aromatic rings. The summed E-state index contributed by atoms with van der Waals surface area (Å²) in [4.78, 5) is 13.7. The maximum atomic E-state index is 11.7. The van der Waals surface area contributed by atoms with Gasteiger partial charge in [-0.05, 0) is 35.0 Å². The molecule has 2 aromatic heterocycles. The van der Waals surface area contributed by atoms with E-state index < -0.39 is 0 Å². The summed E-state index contributed by atoms with van der Waals surface area (Å²) >= 11 is 3.16. The van der Waals surface area contributed by atoms with Gasteiger partial charge in [0.25, 0.3) is 0 Å². The molecule has 1 aliphatic heterocycles. The fourth-order valence-electron chi connectivity index (χ4n) is 1.56. The highest BCUT2D eigenvalue weighted by Crippen LogP contribution is 2.30. The van der Waals surface area contributed by atoms with E-state index in [0.29, 0.717) is 11.3 Å². The van der Waals surface area contributed by atoms with Gasteiger partial charge in [-0.2, -0.15) is 0 Å². The average molecular weight is 260 g/mol. The molecule has 2 nitrogen and oxygen atoms in total. The van der Waals surface area contributed by atoms with Crippen molar-refractivity contribution in [2.75, 3.05) is 0 Å². The van der Waals surface area contributed by atoms with Gasteiger partial charge in [0, 0.05) is 4.88 Å². The Labute approximate surface area is 106 Å². The molecular weight excluding hydrogens is 252 g/mol. The molecule has 0 aliphatic carbocycles. The molecule has 0 N–H and O–H groups in total. The monoisotopic (exact) mass is 260 g/mol. The second-order valence-corrected chi connectivity index (χ2v) is 5.42. The second kappa shape index (κ2) is 4.31. The fraction of sp³-hybridized carbons (Fsp3) is 0.